The van der Waals surface area contributed by atoms with Gasteiger partial charge in [-0.05, 0) is 52.2 Å². The number of hydrogen-bond donors (Lipinski definition) is 4. The Balaban J connectivity index is 2.33. The Hall–Kier alpha value is -1.36. The Kier molecular flexibility index (Phi) is 10.5. The van der Waals surface area contributed by atoms with Gasteiger partial charge in [-0.2, -0.15) is 0 Å². The van der Waals surface area contributed by atoms with Crippen LogP contribution in [0.15, 0.2) is 16.5 Å². The van der Waals surface area contributed by atoms with Gasteiger partial charge in [-0.1, -0.05) is 13.8 Å². The second-order valence-corrected chi connectivity index (χ2v) is 11.9. The molecule has 3 unspecified atom stereocenters. The van der Waals surface area contributed by atoms with E-state index in [9.17, 15) is 14.2 Å². The van der Waals surface area contributed by atoms with Crippen LogP contribution in [-0.2, 0) is 23.6 Å². The SMILES string of the molecule is CCOC(=O)[C@H](C)NP(=O)(N[C@@H](C)C(=O)OCC)c1ccc(C2NC(N)SC2CC(C)C)o1. The maximum atomic E-state index is 14.0. The summed E-state index contributed by atoms with van der Waals surface area (Å²) in [7, 11) is -3.76. The van der Waals surface area contributed by atoms with Gasteiger partial charge in [-0.25, -0.2) is 10.2 Å². The first-order valence-corrected chi connectivity index (χ1v) is 13.9. The third kappa shape index (κ3) is 7.56. The summed E-state index contributed by atoms with van der Waals surface area (Å²) in [6, 6.07) is 1.37. The van der Waals surface area contributed by atoms with Gasteiger partial charge in [0.05, 0.1) is 19.3 Å². The third-order valence-electron chi connectivity index (χ3n) is 5.00. The number of nitrogens with one attached hydrogen (secondary N) is 3. The molecule has 12 heteroatoms. The first-order valence-electron chi connectivity index (χ1n) is 11.3. The molecule has 0 amide bonds. The molecule has 10 nitrogen and oxygen atoms in total. The Morgan fingerprint density at radius 2 is 1.67 bits per heavy atom. The molecule has 0 aliphatic carbocycles. The summed E-state index contributed by atoms with van der Waals surface area (Å²) >= 11 is 1.64. The topological polar surface area (TPSA) is 145 Å². The fourth-order valence-corrected chi connectivity index (χ4v) is 7.16. The van der Waals surface area contributed by atoms with Crippen molar-refractivity contribution in [2.24, 2.45) is 11.7 Å². The summed E-state index contributed by atoms with van der Waals surface area (Å²) in [4.78, 5) is 24.4. The number of hydrogen-bond acceptors (Lipinski definition) is 9. The lowest BCUT2D eigenvalue weighted by Gasteiger charge is -2.25. The quantitative estimate of drug-likeness (QED) is 0.245. The predicted octanol–water partition coefficient (Wildman–Crippen LogP) is 2.21. The first-order chi connectivity index (χ1) is 15.5. The van der Waals surface area contributed by atoms with Crippen LogP contribution in [0.3, 0.4) is 0 Å². The zero-order valence-corrected chi connectivity index (χ0v) is 21.8. The van der Waals surface area contributed by atoms with Crippen molar-refractivity contribution in [2.75, 3.05) is 13.2 Å². The molecule has 5 atom stereocenters. The van der Waals surface area contributed by atoms with Gasteiger partial charge < -0.3 is 19.6 Å². The molecule has 5 N–H and O–H groups in total. The average Bonchev–Trinajstić information content (AvgIpc) is 3.34. The van der Waals surface area contributed by atoms with E-state index in [0.717, 1.165) is 6.42 Å². The molecule has 0 spiro atoms. The van der Waals surface area contributed by atoms with Crippen molar-refractivity contribution in [1.29, 1.82) is 0 Å². The Morgan fingerprint density at radius 3 is 2.15 bits per heavy atom. The van der Waals surface area contributed by atoms with E-state index in [2.05, 4.69) is 29.3 Å². The van der Waals surface area contributed by atoms with E-state index >= 15 is 0 Å². The van der Waals surface area contributed by atoms with Gasteiger partial charge in [0.1, 0.15) is 23.3 Å². The predicted molar refractivity (Wildman–Crippen MR) is 129 cm³/mol. The van der Waals surface area contributed by atoms with Crippen molar-refractivity contribution in [3.63, 3.8) is 0 Å². The molecule has 1 saturated heterocycles. The number of carbonyl (C=O) groups is 2. The molecule has 0 aromatic carbocycles. The molecule has 188 valence electrons. The van der Waals surface area contributed by atoms with E-state index in [1.807, 2.05) is 0 Å². The lowest BCUT2D eigenvalue weighted by molar-refractivity contribution is -0.145. The van der Waals surface area contributed by atoms with Crippen molar-refractivity contribution in [1.82, 2.24) is 15.5 Å². The summed E-state index contributed by atoms with van der Waals surface area (Å²) in [6.07, 6.45) is 0.931. The number of thioether (sulfide) groups is 1. The number of esters is 2. The van der Waals surface area contributed by atoms with Gasteiger partial charge in [0.25, 0.3) is 7.44 Å². The molecule has 33 heavy (non-hydrogen) atoms. The maximum absolute atomic E-state index is 14.0. The van der Waals surface area contributed by atoms with Crippen molar-refractivity contribution in [3.8, 4) is 0 Å². The standard InChI is InChI=1S/C21H37N4O6PS/c1-7-29-19(26)13(5)24-32(28,25-14(6)20(27)30-8-2)17-10-9-15(31-17)18-16(11-12(3)4)33-21(22)23-18/h9-10,12-14,16,18,21,23H,7-8,11,22H2,1-6H3,(H2,24,25,28)/t13-,14-,16?,18?,21?/m0/s1. The summed E-state index contributed by atoms with van der Waals surface area (Å²) < 4.78 is 30.1. The molecule has 1 aromatic rings. The van der Waals surface area contributed by atoms with Gasteiger partial charge in [0, 0.05) is 5.25 Å². The molecular weight excluding hydrogens is 467 g/mol. The van der Waals surface area contributed by atoms with Crippen LogP contribution >= 0.6 is 19.2 Å². The van der Waals surface area contributed by atoms with E-state index in [-0.39, 0.29) is 35.5 Å². The van der Waals surface area contributed by atoms with Crippen LogP contribution in [0.4, 0.5) is 0 Å². The zero-order chi connectivity index (χ0) is 24.8. The molecule has 1 aliphatic rings. The van der Waals surface area contributed by atoms with Crippen molar-refractivity contribution >= 4 is 36.6 Å². The molecule has 1 aromatic heterocycles. The minimum Gasteiger partial charge on any atom is -0.465 e. The van der Waals surface area contributed by atoms with Crippen LogP contribution in [0.5, 0.6) is 0 Å². The molecule has 2 rings (SSSR count). The Morgan fingerprint density at radius 1 is 1.12 bits per heavy atom. The second kappa shape index (κ2) is 12.4. The summed E-state index contributed by atoms with van der Waals surface area (Å²) in [5, 5.41) is 9.09. The van der Waals surface area contributed by atoms with Gasteiger partial charge in [0.2, 0.25) is 0 Å². The number of furan rings is 1. The smallest absolute Gasteiger partial charge is 0.323 e. The highest BCUT2D eigenvalue weighted by Crippen LogP contribution is 2.42. The molecular formula is C21H37N4O6PS. The highest BCUT2D eigenvalue weighted by atomic mass is 32.2. The van der Waals surface area contributed by atoms with Crippen molar-refractivity contribution in [3.05, 3.63) is 17.9 Å². The molecule has 0 bridgehead atoms. The van der Waals surface area contributed by atoms with Gasteiger partial charge in [0.15, 0.2) is 5.50 Å². The normalized spacial score (nSPS) is 22.8. The molecule has 1 aliphatic heterocycles. The summed E-state index contributed by atoms with van der Waals surface area (Å²) in [5.41, 5.74) is 5.97. The lowest BCUT2D eigenvalue weighted by Crippen LogP contribution is -2.44. The fourth-order valence-electron chi connectivity index (χ4n) is 3.54. The van der Waals surface area contributed by atoms with Crippen LogP contribution in [0.25, 0.3) is 0 Å². The molecule has 0 radical (unpaired) electrons. The van der Waals surface area contributed by atoms with Gasteiger partial charge in [-0.3, -0.25) is 19.5 Å². The minimum atomic E-state index is -3.76. The van der Waals surface area contributed by atoms with E-state index in [1.54, 1.807) is 37.7 Å². The largest absolute Gasteiger partial charge is 0.465 e. The van der Waals surface area contributed by atoms with E-state index in [1.165, 1.54) is 13.8 Å². The van der Waals surface area contributed by atoms with E-state index in [0.29, 0.717) is 11.7 Å². The van der Waals surface area contributed by atoms with E-state index in [4.69, 9.17) is 19.6 Å². The second-order valence-electron chi connectivity index (χ2n) is 8.36. The number of ether oxygens (including phenoxy) is 2. The summed E-state index contributed by atoms with van der Waals surface area (Å²) in [5.74, 6) is -0.0665. The van der Waals surface area contributed by atoms with Crippen LogP contribution in [0, 0.1) is 5.92 Å². The average molecular weight is 505 g/mol. The van der Waals surface area contributed by atoms with Crippen LogP contribution in [0.1, 0.15) is 59.8 Å². The number of carbonyl (C=O) groups excluding carboxylic acids is 2. The first kappa shape index (κ1) is 27.9. The van der Waals surface area contributed by atoms with Gasteiger partial charge in [-0.15, -0.1) is 11.8 Å². The lowest BCUT2D eigenvalue weighted by atomic mass is 10.0. The highest BCUT2D eigenvalue weighted by molar-refractivity contribution is 8.00. The van der Waals surface area contributed by atoms with E-state index < -0.39 is 31.5 Å². The summed E-state index contributed by atoms with van der Waals surface area (Å²) in [6.45, 7) is 11.1. The Bertz CT molecular complexity index is 820. The monoisotopic (exact) mass is 504 g/mol. The Labute approximate surface area is 199 Å². The minimum absolute atomic E-state index is 0.0976. The van der Waals surface area contributed by atoms with Crippen molar-refractivity contribution in [2.45, 2.75) is 76.8 Å². The zero-order valence-electron chi connectivity index (χ0n) is 20.1. The molecule has 0 saturated carbocycles. The van der Waals surface area contributed by atoms with Crippen LogP contribution in [0.2, 0.25) is 0 Å². The number of rotatable bonds is 12. The van der Waals surface area contributed by atoms with Gasteiger partial charge >= 0.3 is 11.9 Å². The van der Waals surface area contributed by atoms with Crippen LogP contribution in [-0.4, -0.2) is 48.0 Å². The van der Waals surface area contributed by atoms with Crippen molar-refractivity contribution < 1.29 is 28.0 Å². The highest BCUT2D eigenvalue weighted by Gasteiger charge is 2.39. The fraction of sp³-hybridized carbons (Fsp3) is 0.714. The third-order valence-corrected chi connectivity index (χ3v) is 8.61. The molecule has 1 fully saturated rings. The molecule has 2 heterocycles. The maximum Gasteiger partial charge on any atom is 0.323 e. The van der Waals surface area contributed by atoms with Crippen LogP contribution < -0.4 is 26.7 Å². The number of nitrogens with two attached hydrogens (primary N) is 1.